The van der Waals surface area contributed by atoms with E-state index < -0.39 is 0 Å². The highest BCUT2D eigenvalue weighted by Gasteiger charge is 2.20. The fraction of sp³-hybridized carbons (Fsp3) is 0.643. The molecule has 0 bridgehead atoms. The van der Waals surface area contributed by atoms with Crippen molar-refractivity contribution in [2.24, 2.45) is 11.8 Å². The molecule has 0 spiro atoms. The Kier molecular flexibility index (Phi) is 6.36. The van der Waals surface area contributed by atoms with Crippen molar-refractivity contribution >= 4 is 17.2 Å². The zero-order chi connectivity index (χ0) is 13.5. The Balaban J connectivity index is 2.38. The van der Waals surface area contributed by atoms with Gasteiger partial charge < -0.3 is 10.6 Å². The summed E-state index contributed by atoms with van der Waals surface area (Å²) in [4.78, 5) is 13.4. The topological polar surface area (TPSA) is 41.1 Å². The van der Waals surface area contributed by atoms with E-state index in [0.717, 1.165) is 19.5 Å². The van der Waals surface area contributed by atoms with Gasteiger partial charge in [0.15, 0.2) is 0 Å². The second-order valence-electron chi connectivity index (χ2n) is 4.98. The summed E-state index contributed by atoms with van der Waals surface area (Å²) in [5.41, 5.74) is 1.32. The monoisotopic (exact) mass is 268 g/mol. The molecule has 0 saturated heterocycles. The number of aryl methyl sites for hydroxylation is 1. The number of carbonyl (C=O) groups excluding carboxylic acids is 1. The molecule has 1 rings (SSSR count). The van der Waals surface area contributed by atoms with Gasteiger partial charge in [0.2, 0.25) is 5.91 Å². The fourth-order valence-electron chi connectivity index (χ4n) is 1.94. The molecule has 102 valence electrons. The number of amides is 1. The normalized spacial score (nSPS) is 12.7. The first-order valence-electron chi connectivity index (χ1n) is 6.51. The predicted octanol–water partition coefficient (Wildman–Crippen LogP) is 2.21. The van der Waals surface area contributed by atoms with Crippen LogP contribution < -0.4 is 10.6 Å². The molecule has 4 heteroatoms. The Morgan fingerprint density at radius 1 is 1.44 bits per heavy atom. The molecule has 0 aliphatic carbocycles. The van der Waals surface area contributed by atoms with Crippen LogP contribution in [0, 0.1) is 18.8 Å². The molecule has 1 amide bonds. The highest BCUT2D eigenvalue weighted by atomic mass is 32.1. The van der Waals surface area contributed by atoms with Gasteiger partial charge in [0.25, 0.3) is 0 Å². The molecule has 0 fully saturated rings. The molecular weight excluding hydrogens is 244 g/mol. The minimum absolute atomic E-state index is 0.0550. The number of hydrogen-bond donors (Lipinski definition) is 2. The smallest absolute Gasteiger partial charge is 0.224 e. The van der Waals surface area contributed by atoms with Crippen molar-refractivity contribution in [1.82, 2.24) is 10.6 Å². The molecule has 1 aromatic heterocycles. The first kappa shape index (κ1) is 15.2. The molecule has 2 N–H and O–H groups in total. The standard InChI is InChI=1S/C14H24N2OS/c1-10(2)12(9-15-4)14(17)16-7-5-13-11(3)6-8-18-13/h6,8,10,12,15H,5,7,9H2,1-4H3,(H,16,17). The van der Waals surface area contributed by atoms with Gasteiger partial charge in [0.05, 0.1) is 5.92 Å². The van der Waals surface area contributed by atoms with E-state index in [0.29, 0.717) is 5.92 Å². The first-order valence-corrected chi connectivity index (χ1v) is 7.39. The van der Waals surface area contributed by atoms with E-state index in [2.05, 4.69) is 42.9 Å². The van der Waals surface area contributed by atoms with E-state index >= 15 is 0 Å². The van der Waals surface area contributed by atoms with Gasteiger partial charge in [0, 0.05) is 18.0 Å². The summed E-state index contributed by atoms with van der Waals surface area (Å²) in [5, 5.41) is 8.23. The van der Waals surface area contributed by atoms with Crippen LogP contribution in [0.4, 0.5) is 0 Å². The maximum Gasteiger partial charge on any atom is 0.224 e. The zero-order valence-electron chi connectivity index (χ0n) is 11.7. The van der Waals surface area contributed by atoms with Gasteiger partial charge >= 0.3 is 0 Å². The van der Waals surface area contributed by atoms with Gasteiger partial charge in [-0.2, -0.15) is 0 Å². The lowest BCUT2D eigenvalue weighted by molar-refractivity contribution is -0.126. The van der Waals surface area contributed by atoms with E-state index in [9.17, 15) is 4.79 Å². The molecule has 0 aromatic carbocycles. The van der Waals surface area contributed by atoms with E-state index in [1.165, 1.54) is 10.4 Å². The van der Waals surface area contributed by atoms with Crippen LogP contribution in [-0.4, -0.2) is 26.0 Å². The Labute approximate surface area is 114 Å². The molecule has 0 saturated carbocycles. The van der Waals surface area contributed by atoms with Crippen molar-refractivity contribution < 1.29 is 4.79 Å². The Morgan fingerprint density at radius 3 is 2.67 bits per heavy atom. The lowest BCUT2D eigenvalue weighted by Crippen LogP contribution is -2.39. The summed E-state index contributed by atoms with van der Waals surface area (Å²) in [7, 11) is 1.89. The minimum atomic E-state index is 0.0550. The Morgan fingerprint density at radius 2 is 2.17 bits per heavy atom. The lowest BCUT2D eigenvalue weighted by atomic mass is 9.95. The number of thiophene rings is 1. The molecule has 1 atom stereocenters. The largest absolute Gasteiger partial charge is 0.355 e. The summed E-state index contributed by atoms with van der Waals surface area (Å²) in [6, 6.07) is 2.12. The van der Waals surface area contributed by atoms with Gasteiger partial charge in [-0.1, -0.05) is 13.8 Å². The molecule has 0 aliphatic rings. The summed E-state index contributed by atoms with van der Waals surface area (Å²) >= 11 is 1.76. The zero-order valence-corrected chi connectivity index (χ0v) is 12.6. The second-order valence-corrected chi connectivity index (χ2v) is 5.98. The van der Waals surface area contributed by atoms with Crippen molar-refractivity contribution in [3.8, 4) is 0 Å². The average molecular weight is 268 g/mol. The third kappa shape index (κ3) is 4.42. The van der Waals surface area contributed by atoms with Crippen LogP contribution in [0.1, 0.15) is 24.3 Å². The van der Waals surface area contributed by atoms with Crippen molar-refractivity contribution in [3.63, 3.8) is 0 Å². The number of carbonyl (C=O) groups is 1. The van der Waals surface area contributed by atoms with Crippen LogP contribution in [0.15, 0.2) is 11.4 Å². The first-order chi connectivity index (χ1) is 8.56. The summed E-state index contributed by atoms with van der Waals surface area (Å²) in [6.45, 7) is 7.76. The summed E-state index contributed by atoms with van der Waals surface area (Å²) in [5.74, 6) is 0.578. The molecule has 0 aliphatic heterocycles. The van der Waals surface area contributed by atoms with Crippen LogP contribution in [0.2, 0.25) is 0 Å². The molecule has 3 nitrogen and oxygen atoms in total. The Hall–Kier alpha value is -0.870. The molecule has 0 radical (unpaired) electrons. The molecular formula is C14H24N2OS. The third-order valence-electron chi connectivity index (χ3n) is 3.19. The van der Waals surface area contributed by atoms with Gasteiger partial charge in [-0.05, 0) is 43.3 Å². The van der Waals surface area contributed by atoms with E-state index in [1.807, 2.05) is 7.05 Å². The number of hydrogen-bond acceptors (Lipinski definition) is 3. The maximum absolute atomic E-state index is 12.0. The summed E-state index contributed by atoms with van der Waals surface area (Å²) in [6.07, 6.45) is 0.930. The molecule has 1 aromatic rings. The predicted molar refractivity (Wildman–Crippen MR) is 78.0 cm³/mol. The Bertz CT molecular complexity index is 374. The van der Waals surface area contributed by atoms with E-state index in [-0.39, 0.29) is 11.8 Å². The van der Waals surface area contributed by atoms with Crippen LogP contribution >= 0.6 is 11.3 Å². The van der Waals surface area contributed by atoms with Crippen molar-refractivity contribution in [3.05, 3.63) is 21.9 Å². The highest BCUT2D eigenvalue weighted by Crippen LogP contribution is 2.15. The quantitative estimate of drug-likeness (QED) is 0.796. The molecule has 1 unspecified atom stereocenters. The minimum Gasteiger partial charge on any atom is -0.355 e. The van der Waals surface area contributed by atoms with Crippen LogP contribution in [0.5, 0.6) is 0 Å². The van der Waals surface area contributed by atoms with E-state index in [1.54, 1.807) is 11.3 Å². The van der Waals surface area contributed by atoms with Gasteiger partial charge in [-0.3, -0.25) is 4.79 Å². The molecule has 18 heavy (non-hydrogen) atoms. The van der Waals surface area contributed by atoms with Gasteiger partial charge in [0.1, 0.15) is 0 Å². The van der Waals surface area contributed by atoms with Gasteiger partial charge in [-0.15, -0.1) is 11.3 Å². The molecule has 1 heterocycles. The second kappa shape index (κ2) is 7.54. The summed E-state index contributed by atoms with van der Waals surface area (Å²) < 4.78 is 0. The highest BCUT2D eigenvalue weighted by molar-refractivity contribution is 7.10. The van der Waals surface area contributed by atoms with Crippen LogP contribution in [0.3, 0.4) is 0 Å². The maximum atomic E-state index is 12.0. The number of nitrogens with one attached hydrogen (secondary N) is 2. The third-order valence-corrected chi connectivity index (χ3v) is 4.27. The average Bonchev–Trinajstić information content (AvgIpc) is 2.71. The van der Waals surface area contributed by atoms with Crippen LogP contribution in [-0.2, 0) is 11.2 Å². The van der Waals surface area contributed by atoms with Crippen molar-refractivity contribution in [1.29, 1.82) is 0 Å². The number of rotatable bonds is 7. The lowest BCUT2D eigenvalue weighted by Gasteiger charge is -2.19. The SMILES string of the molecule is CNCC(C(=O)NCCc1sccc1C)C(C)C. The van der Waals surface area contributed by atoms with E-state index in [4.69, 9.17) is 0 Å². The fourth-order valence-corrected chi connectivity index (χ4v) is 2.85. The van der Waals surface area contributed by atoms with Gasteiger partial charge in [-0.25, -0.2) is 0 Å². The van der Waals surface area contributed by atoms with Crippen LogP contribution in [0.25, 0.3) is 0 Å². The van der Waals surface area contributed by atoms with Crippen molar-refractivity contribution in [2.75, 3.05) is 20.1 Å². The van der Waals surface area contributed by atoms with Crippen molar-refractivity contribution in [2.45, 2.75) is 27.2 Å².